The Morgan fingerprint density at radius 2 is 1.68 bits per heavy atom. The van der Waals surface area contributed by atoms with Crippen LogP contribution in [0.4, 0.5) is 5.69 Å². The van der Waals surface area contributed by atoms with E-state index >= 15 is 0 Å². The first-order valence-corrected chi connectivity index (χ1v) is 11.4. The van der Waals surface area contributed by atoms with E-state index in [1.165, 1.54) is 48.8 Å². The van der Waals surface area contributed by atoms with E-state index in [1.807, 2.05) is 0 Å². The SMILES string of the molecule is CC(=O)N(O)C(=N)c1ccc(Oc2ncccc2NS(=O)(=O)c2cccc3cccnc23)cc1. The second-order valence-electron chi connectivity index (χ2n) is 7.10. The molecule has 1 amide bonds. The normalized spacial score (nSPS) is 11.1. The maximum absolute atomic E-state index is 13.1. The molecule has 2 heterocycles. The Morgan fingerprint density at radius 3 is 2.41 bits per heavy atom. The van der Waals surface area contributed by atoms with Gasteiger partial charge in [0.15, 0.2) is 5.84 Å². The van der Waals surface area contributed by atoms with Gasteiger partial charge in [0.05, 0.1) is 5.52 Å². The minimum absolute atomic E-state index is 0.00891. The molecule has 4 aromatic rings. The molecule has 34 heavy (non-hydrogen) atoms. The molecule has 10 nitrogen and oxygen atoms in total. The number of nitrogens with one attached hydrogen (secondary N) is 2. The molecular weight excluding hydrogens is 458 g/mol. The van der Waals surface area contributed by atoms with Crippen molar-refractivity contribution in [1.82, 2.24) is 15.0 Å². The van der Waals surface area contributed by atoms with Crippen LogP contribution < -0.4 is 9.46 Å². The highest BCUT2D eigenvalue weighted by molar-refractivity contribution is 7.93. The summed E-state index contributed by atoms with van der Waals surface area (Å²) in [4.78, 5) is 19.6. The Kier molecular flexibility index (Phi) is 6.21. The number of carbonyl (C=O) groups excluding carboxylic acids is 1. The van der Waals surface area contributed by atoms with Gasteiger partial charge < -0.3 is 4.74 Å². The Bertz CT molecular complexity index is 1480. The second-order valence-corrected chi connectivity index (χ2v) is 8.75. The topological polar surface area (TPSA) is 146 Å². The van der Waals surface area contributed by atoms with E-state index in [0.717, 1.165) is 6.92 Å². The molecule has 0 bridgehead atoms. The lowest BCUT2D eigenvalue weighted by Crippen LogP contribution is -2.31. The first-order chi connectivity index (χ1) is 16.3. The maximum atomic E-state index is 13.1. The van der Waals surface area contributed by atoms with Gasteiger partial charge in [0.25, 0.3) is 10.0 Å². The summed E-state index contributed by atoms with van der Waals surface area (Å²) in [7, 11) is -4.02. The number of amidine groups is 1. The number of hydrogen-bond acceptors (Lipinski definition) is 8. The predicted molar refractivity (Wildman–Crippen MR) is 124 cm³/mol. The van der Waals surface area contributed by atoms with Crippen LogP contribution in [0, 0.1) is 5.41 Å². The molecule has 0 saturated carbocycles. The molecule has 2 aromatic carbocycles. The molecule has 0 atom stereocenters. The lowest BCUT2D eigenvalue weighted by Gasteiger charge is -2.15. The van der Waals surface area contributed by atoms with Crippen molar-refractivity contribution in [3.05, 3.63) is 84.7 Å². The fourth-order valence-electron chi connectivity index (χ4n) is 3.11. The summed E-state index contributed by atoms with van der Waals surface area (Å²) in [5.41, 5.74) is 0.728. The monoisotopic (exact) mass is 477 g/mol. The molecule has 172 valence electrons. The Morgan fingerprint density at radius 1 is 1.00 bits per heavy atom. The number of fused-ring (bicyclic) bond motifs is 1. The van der Waals surface area contributed by atoms with E-state index in [1.54, 1.807) is 30.3 Å². The van der Waals surface area contributed by atoms with Crippen LogP contribution in [-0.4, -0.2) is 40.4 Å². The highest BCUT2D eigenvalue weighted by Crippen LogP contribution is 2.30. The number of ether oxygens (including phenoxy) is 1. The number of benzene rings is 2. The number of pyridine rings is 2. The van der Waals surface area contributed by atoms with Crippen LogP contribution in [0.5, 0.6) is 11.6 Å². The number of aromatic nitrogens is 2. The van der Waals surface area contributed by atoms with Gasteiger partial charge in [-0.2, -0.15) is 5.06 Å². The third-order valence-corrected chi connectivity index (χ3v) is 6.15. The van der Waals surface area contributed by atoms with E-state index in [-0.39, 0.29) is 27.1 Å². The summed E-state index contributed by atoms with van der Waals surface area (Å²) in [6, 6.07) is 17.4. The zero-order valence-electron chi connectivity index (χ0n) is 17.8. The Labute approximate surface area is 195 Å². The number of sulfonamides is 1. The fourth-order valence-corrected chi connectivity index (χ4v) is 4.35. The van der Waals surface area contributed by atoms with Gasteiger partial charge in [-0.3, -0.25) is 25.1 Å². The van der Waals surface area contributed by atoms with E-state index in [2.05, 4.69) is 14.7 Å². The molecule has 11 heteroatoms. The highest BCUT2D eigenvalue weighted by Gasteiger charge is 2.21. The quantitative estimate of drug-likeness (QED) is 0.166. The third-order valence-electron chi connectivity index (χ3n) is 4.75. The van der Waals surface area contributed by atoms with Gasteiger partial charge in [-0.15, -0.1) is 0 Å². The van der Waals surface area contributed by atoms with Gasteiger partial charge in [0.1, 0.15) is 16.3 Å². The van der Waals surface area contributed by atoms with Gasteiger partial charge in [0, 0.05) is 30.3 Å². The molecule has 0 aliphatic heterocycles. The zero-order valence-corrected chi connectivity index (χ0v) is 18.7. The number of rotatable bonds is 6. The summed E-state index contributed by atoms with van der Waals surface area (Å²) < 4.78 is 34.5. The van der Waals surface area contributed by atoms with Crippen molar-refractivity contribution in [3.8, 4) is 11.6 Å². The Hall–Kier alpha value is -4.35. The molecule has 0 saturated heterocycles. The summed E-state index contributed by atoms with van der Waals surface area (Å²) in [6.45, 7) is 1.13. The van der Waals surface area contributed by atoms with Gasteiger partial charge in [0.2, 0.25) is 11.8 Å². The van der Waals surface area contributed by atoms with Crippen molar-refractivity contribution in [2.75, 3.05) is 4.72 Å². The lowest BCUT2D eigenvalue weighted by atomic mass is 10.2. The molecule has 0 radical (unpaired) electrons. The number of carbonyl (C=O) groups is 1. The number of hydrogen-bond donors (Lipinski definition) is 3. The van der Waals surface area contributed by atoms with Crippen LogP contribution in [0.15, 0.2) is 84.0 Å². The molecule has 4 rings (SSSR count). The van der Waals surface area contributed by atoms with Crippen LogP contribution in [0.3, 0.4) is 0 Å². The summed E-state index contributed by atoms with van der Waals surface area (Å²) in [5.74, 6) is -0.782. The predicted octanol–water partition coefficient (Wildman–Crippen LogP) is 3.79. The smallest absolute Gasteiger partial charge is 0.264 e. The van der Waals surface area contributed by atoms with E-state index in [9.17, 15) is 18.4 Å². The van der Waals surface area contributed by atoms with Crippen molar-refractivity contribution in [1.29, 1.82) is 5.41 Å². The van der Waals surface area contributed by atoms with E-state index in [4.69, 9.17) is 10.1 Å². The standard InChI is InChI=1S/C23H19N5O5S/c1-15(29)28(30)22(24)17-9-11-18(12-10-17)33-23-19(7-4-14-26-23)27-34(31,32)20-8-2-5-16-6-3-13-25-21(16)20/h2-14,24,27,30H,1H3. The minimum Gasteiger partial charge on any atom is -0.437 e. The van der Waals surface area contributed by atoms with Crippen molar-refractivity contribution < 1.29 is 23.2 Å². The molecule has 0 aliphatic carbocycles. The Balaban J connectivity index is 1.59. The lowest BCUT2D eigenvalue weighted by molar-refractivity contribution is -0.146. The van der Waals surface area contributed by atoms with Gasteiger partial charge in [-0.25, -0.2) is 13.4 Å². The number of nitrogens with zero attached hydrogens (tertiary/aromatic N) is 3. The van der Waals surface area contributed by atoms with Crippen LogP contribution >= 0.6 is 0 Å². The average molecular weight is 478 g/mol. The first-order valence-electron chi connectivity index (χ1n) is 9.94. The third kappa shape index (κ3) is 4.70. The van der Waals surface area contributed by atoms with Crippen LogP contribution in [0.2, 0.25) is 0 Å². The molecular formula is C23H19N5O5S. The highest BCUT2D eigenvalue weighted by atomic mass is 32.2. The fraction of sp³-hybridized carbons (Fsp3) is 0.0435. The second kappa shape index (κ2) is 9.25. The largest absolute Gasteiger partial charge is 0.437 e. The maximum Gasteiger partial charge on any atom is 0.264 e. The molecule has 0 fully saturated rings. The van der Waals surface area contributed by atoms with Crippen LogP contribution in [-0.2, 0) is 14.8 Å². The first kappa shape index (κ1) is 22.8. The van der Waals surface area contributed by atoms with Gasteiger partial charge >= 0.3 is 0 Å². The number of anilines is 1. The van der Waals surface area contributed by atoms with Crippen LogP contribution in [0.1, 0.15) is 12.5 Å². The molecule has 0 spiro atoms. The van der Waals surface area contributed by atoms with Crippen molar-refractivity contribution >= 4 is 38.4 Å². The van der Waals surface area contributed by atoms with Crippen molar-refractivity contribution in [3.63, 3.8) is 0 Å². The zero-order chi connectivity index (χ0) is 24.3. The number of para-hydroxylation sites is 1. The van der Waals surface area contributed by atoms with Crippen LogP contribution in [0.25, 0.3) is 10.9 Å². The summed E-state index contributed by atoms with van der Waals surface area (Å²) in [5, 5.41) is 18.4. The molecule has 2 aromatic heterocycles. The molecule has 0 unspecified atom stereocenters. The summed E-state index contributed by atoms with van der Waals surface area (Å²) in [6.07, 6.45) is 2.98. The van der Waals surface area contributed by atoms with Crippen molar-refractivity contribution in [2.45, 2.75) is 11.8 Å². The average Bonchev–Trinajstić information content (AvgIpc) is 2.84. The van der Waals surface area contributed by atoms with Gasteiger partial charge in [-0.1, -0.05) is 18.2 Å². The van der Waals surface area contributed by atoms with E-state index < -0.39 is 21.8 Å². The van der Waals surface area contributed by atoms with E-state index in [0.29, 0.717) is 16.7 Å². The van der Waals surface area contributed by atoms with Crippen molar-refractivity contribution in [2.24, 2.45) is 0 Å². The van der Waals surface area contributed by atoms with Gasteiger partial charge in [-0.05, 0) is 48.5 Å². The summed E-state index contributed by atoms with van der Waals surface area (Å²) >= 11 is 0. The molecule has 0 aliphatic rings. The number of amides is 1. The minimum atomic E-state index is -4.02. The number of hydroxylamine groups is 2. The molecule has 3 N–H and O–H groups in total.